The molecule has 0 unspecified atom stereocenters. The monoisotopic (exact) mass is 258 g/mol. The first-order valence-corrected chi connectivity index (χ1v) is 7.01. The van der Waals surface area contributed by atoms with Crippen LogP contribution in [0.2, 0.25) is 0 Å². The molecule has 1 nitrogen and oxygen atoms in total. The minimum Gasteiger partial charge on any atom is -0.194 e. The molecule has 0 radical (unpaired) electrons. The van der Waals surface area contributed by atoms with E-state index in [1.165, 1.54) is 33.5 Å². The van der Waals surface area contributed by atoms with Crippen molar-refractivity contribution in [1.29, 1.82) is 0 Å². The van der Waals surface area contributed by atoms with Gasteiger partial charge in [-0.2, -0.15) is 4.57 Å². The van der Waals surface area contributed by atoms with Crippen molar-refractivity contribution in [2.45, 2.75) is 13.5 Å². The van der Waals surface area contributed by atoms with Crippen molar-refractivity contribution in [1.82, 2.24) is 0 Å². The van der Waals surface area contributed by atoms with E-state index in [9.17, 15) is 0 Å². The second kappa shape index (κ2) is 4.31. The molecule has 0 aliphatic carbocycles. The molecule has 0 spiro atoms. The highest BCUT2D eigenvalue weighted by molar-refractivity contribution is 5.76. The van der Waals surface area contributed by atoms with Gasteiger partial charge in [0.25, 0.3) is 0 Å². The van der Waals surface area contributed by atoms with E-state index in [1.54, 1.807) is 0 Å². The molecule has 0 N–H and O–H groups in total. The van der Waals surface area contributed by atoms with Gasteiger partial charge in [0.2, 0.25) is 5.69 Å². The van der Waals surface area contributed by atoms with Crippen LogP contribution in [-0.2, 0) is 6.54 Å². The molecule has 1 aliphatic heterocycles. The normalized spacial score (nSPS) is 12.1. The quantitative estimate of drug-likeness (QED) is 0.455. The zero-order valence-corrected chi connectivity index (χ0v) is 11.5. The molecule has 20 heavy (non-hydrogen) atoms. The number of pyridine rings is 1. The summed E-state index contributed by atoms with van der Waals surface area (Å²) in [5, 5.41) is 0. The number of rotatable bonds is 1. The summed E-state index contributed by atoms with van der Waals surface area (Å²) in [4.78, 5) is 0. The third kappa shape index (κ3) is 1.60. The molecule has 0 fully saturated rings. The van der Waals surface area contributed by atoms with E-state index in [0.29, 0.717) is 0 Å². The second-order valence-electron chi connectivity index (χ2n) is 5.35. The van der Waals surface area contributed by atoms with Crippen LogP contribution in [0.4, 0.5) is 0 Å². The average Bonchev–Trinajstić information content (AvgIpc) is 2.88. The molecule has 0 saturated heterocycles. The number of fused-ring (bicyclic) bond motifs is 3. The summed E-state index contributed by atoms with van der Waals surface area (Å²) in [5.41, 5.74) is 8.14. The van der Waals surface area contributed by atoms with Crippen molar-refractivity contribution in [3.8, 4) is 22.4 Å². The Bertz CT molecular complexity index is 788. The highest BCUT2D eigenvalue weighted by atomic mass is 15.0. The lowest BCUT2D eigenvalue weighted by Gasteiger charge is -2.07. The smallest absolute Gasteiger partial charge is 0.194 e. The molecular weight excluding hydrogens is 242 g/mol. The largest absolute Gasteiger partial charge is 0.216 e. The summed E-state index contributed by atoms with van der Waals surface area (Å²) in [6, 6.07) is 21.6. The van der Waals surface area contributed by atoms with E-state index in [1.807, 2.05) is 0 Å². The fourth-order valence-corrected chi connectivity index (χ4v) is 3.20. The highest BCUT2D eigenvalue weighted by Gasteiger charge is 2.28. The topological polar surface area (TPSA) is 3.88 Å². The molecule has 96 valence electrons. The van der Waals surface area contributed by atoms with Gasteiger partial charge in [-0.05, 0) is 24.1 Å². The molecule has 1 heteroatoms. The molecule has 0 saturated carbocycles. The zero-order chi connectivity index (χ0) is 13.5. The van der Waals surface area contributed by atoms with E-state index in [-0.39, 0.29) is 0 Å². The number of hydrogen-bond acceptors (Lipinski definition) is 0. The zero-order valence-electron chi connectivity index (χ0n) is 11.5. The Labute approximate surface area is 119 Å². The van der Waals surface area contributed by atoms with E-state index in [0.717, 1.165) is 6.54 Å². The predicted octanol–water partition coefficient (Wildman–Crippen LogP) is 3.98. The van der Waals surface area contributed by atoms with Gasteiger partial charge in [0.05, 0.1) is 5.56 Å². The van der Waals surface area contributed by atoms with E-state index < -0.39 is 0 Å². The van der Waals surface area contributed by atoms with Crippen LogP contribution in [0.5, 0.6) is 0 Å². The molecule has 0 bridgehead atoms. The van der Waals surface area contributed by atoms with E-state index in [4.69, 9.17) is 0 Å². The fourth-order valence-electron chi connectivity index (χ4n) is 3.20. The Kier molecular flexibility index (Phi) is 2.46. The van der Waals surface area contributed by atoms with Gasteiger partial charge in [-0.25, -0.2) is 0 Å². The molecular formula is C19H16N+. The average molecular weight is 258 g/mol. The van der Waals surface area contributed by atoms with Gasteiger partial charge in [-0.1, -0.05) is 48.5 Å². The molecule has 1 aliphatic rings. The first kappa shape index (κ1) is 11.4. The summed E-state index contributed by atoms with van der Waals surface area (Å²) < 4.78 is 2.35. The lowest BCUT2D eigenvalue weighted by atomic mass is 9.97. The van der Waals surface area contributed by atoms with Crippen LogP contribution in [0.1, 0.15) is 11.1 Å². The molecule has 0 amide bonds. The minimum absolute atomic E-state index is 0.988. The Morgan fingerprint density at radius 1 is 0.800 bits per heavy atom. The SMILES string of the molecule is Cc1c(-c2ccccc2)cc[n+]2c1-c1ccccc1C2. The van der Waals surface area contributed by atoms with E-state index >= 15 is 0 Å². The lowest BCUT2D eigenvalue weighted by Crippen LogP contribution is -2.32. The summed E-state index contributed by atoms with van der Waals surface area (Å²) in [5.74, 6) is 0. The van der Waals surface area contributed by atoms with Gasteiger partial charge in [-0.3, -0.25) is 0 Å². The van der Waals surface area contributed by atoms with E-state index in [2.05, 4.69) is 78.4 Å². The van der Waals surface area contributed by atoms with Gasteiger partial charge in [-0.15, -0.1) is 0 Å². The Balaban J connectivity index is 1.97. The minimum atomic E-state index is 0.988. The Hall–Kier alpha value is -2.41. The predicted molar refractivity (Wildman–Crippen MR) is 81.3 cm³/mol. The summed E-state index contributed by atoms with van der Waals surface area (Å²) in [6.07, 6.45) is 2.21. The number of hydrogen-bond donors (Lipinski definition) is 0. The maximum absolute atomic E-state index is 2.35. The van der Waals surface area contributed by atoms with Gasteiger partial charge in [0, 0.05) is 17.2 Å². The first-order valence-electron chi connectivity index (χ1n) is 7.01. The van der Waals surface area contributed by atoms with Crippen LogP contribution < -0.4 is 4.57 Å². The van der Waals surface area contributed by atoms with Crippen LogP contribution in [0.15, 0.2) is 66.9 Å². The van der Waals surface area contributed by atoms with Crippen molar-refractivity contribution in [2.75, 3.05) is 0 Å². The maximum Gasteiger partial charge on any atom is 0.216 e. The third-order valence-corrected chi connectivity index (χ3v) is 4.17. The molecule has 2 aromatic carbocycles. The summed E-state index contributed by atoms with van der Waals surface area (Å²) in [6.45, 7) is 3.22. The fraction of sp³-hybridized carbons (Fsp3) is 0.105. The second-order valence-corrected chi connectivity index (χ2v) is 5.35. The summed E-state index contributed by atoms with van der Waals surface area (Å²) in [7, 11) is 0. The van der Waals surface area contributed by atoms with Crippen LogP contribution in [-0.4, -0.2) is 0 Å². The molecule has 2 heterocycles. The van der Waals surface area contributed by atoms with Crippen molar-refractivity contribution >= 4 is 0 Å². The van der Waals surface area contributed by atoms with Crippen molar-refractivity contribution in [3.05, 3.63) is 78.0 Å². The number of aromatic nitrogens is 1. The van der Waals surface area contributed by atoms with Crippen LogP contribution in [0.3, 0.4) is 0 Å². The summed E-state index contributed by atoms with van der Waals surface area (Å²) >= 11 is 0. The number of benzene rings is 2. The molecule has 3 aromatic rings. The molecule has 0 atom stereocenters. The van der Waals surface area contributed by atoms with Crippen LogP contribution in [0, 0.1) is 6.92 Å². The molecule has 4 rings (SSSR count). The Morgan fingerprint density at radius 3 is 2.40 bits per heavy atom. The van der Waals surface area contributed by atoms with Crippen LogP contribution in [0.25, 0.3) is 22.4 Å². The van der Waals surface area contributed by atoms with Gasteiger partial charge in [0.15, 0.2) is 12.7 Å². The highest BCUT2D eigenvalue weighted by Crippen LogP contribution is 2.33. The van der Waals surface area contributed by atoms with Crippen molar-refractivity contribution < 1.29 is 4.57 Å². The van der Waals surface area contributed by atoms with Crippen LogP contribution >= 0.6 is 0 Å². The van der Waals surface area contributed by atoms with Gasteiger partial charge < -0.3 is 0 Å². The first-order chi connectivity index (χ1) is 9.84. The van der Waals surface area contributed by atoms with Gasteiger partial charge in [0.1, 0.15) is 0 Å². The number of nitrogens with zero attached hydrogens (tertiary/aromatic N) is 1. The third-order valence-electron chi connectivity index (χ3n) is 4.17. The van der Waals surface area contributed by atoms with Crippen molar-refractivity contribution in [3.63, 3.8) is 0 Å². The Morgan fingerprint density at radius 2 is 1.55 bits per heavy atom. The van der Waals surface area contributed by atoms with Crippen molar-refractivity contribution in [2.24, 2.45) is 0 Å². The van der Waals surface area contributed by atoms with Gasteiger partial charge >= 0.3 is 0 Å². The lowest BCUT2D eigenvalue weighted by molar-refractivity contribution is -0.672. The maximum atomic E-state index is 2.35. The molecule has 1 aromatic heterocycles. The standard InChI is InChI=1S/C19H16N/c1-14-17(15-7-3-2-4-8-15)11-12-20-13-16-9-5-6-10-18(16)19(14)20/h2-12H,13H2,1H3/q+1.